The zero-order chi connectivity index (χ0) is 20.4. The average Bonchev–Trinajstić information content (AvgIpc) is 2.64. The number of anilines is 1. The molecule has 1 atom stereocenters. The van der Waals surface area contributed by atoms with Crippen molar-refractivity contribution in [2.75, 3.05) is 5.32 Å². The van der Waals surface area contributed by atoms with Crippen molar-refractivity contribution in [2.24, 2.45) is 0 Å². The van der Waals surface area contributed by atoms with Crippen LogP contribution in [0.25, 0.3) is 0 Å². The van der Waals surface area contributed by atoms with E-state index in [1.165, 1.54) is 18.2 Å². The summed E-state index contributed by atoms with van der Waals surface area (Å²) in [7, 11) is 0. The van der Waals surface area contributed by atoms with E-state index in [1.807, 2.05) is 6.92 Å². The van der Waals surface area contributed by atoms with Gasteiger partial charge in [-0.15, -0.1) is 0 Å². The van der Waals surface area contributed by atoms with E-state index < -0.39 is 22.9 Å². The maximum Gasteiger partial charge on any atom is 0.319 e. The lowest BCUT2D eigenvalue weighted by Gasteiger charge is -2.28. The highest BCUT2D eigenvalue weighted by Gasteiger charge is 2.32. The molecule has 8 nitrogen and oxygen atoms in total. The standard InChI is InChI=1S/C19H17ClN4O4/c1-10-6-7-13(20)9-15(10)22-18(25)16-11(2)21-19(26)23-17(16)12-4-3-5-14(8-12)24(27)28/h3-9,17H,1-2H3,(H,22,25)(H2,21,23,26)/t17-/m1/s1. The maximum absolute atomic E-state index is 13.0. The van der Waals surface area contributed by atoms with E-state index >= 15 is 0 Å². The van der Waals surface area contributed by atoms with Crippen molar-refractivity contribution < 1.29 is 14.5 Å². The highest BCUT2D eigenvalue weighted by Crippen LogP contribution is 2.30. The minimum atomic E-state index is -0.840. The molecule has 0 radical (unpaired) electrons. The SMILES string of the molecule is CC1=C(C(=O)Nc2cc(Cl)ccc2C)[C@@H](c2cccc([N+](=O)[O-])c2)NC(=O)N1. The number of carbonyl (C=O) groups is 2. The van der Waals surface area contributed by atoms with Gasteiger partial charge in [-0.2, -0.15) is 0 Å². The number of rotatable bonds is 4. The predicted molar refractivity (Wildman–Crippen MR) is 105 cm³/mol. The molecule has 2 aromatic carbocycles. The first-order valence-corrected chi connectivity index (χ1v) is 8.74. The Kier molecular flexibility index (Phi) is 5.32. The van der Waals surface area contributed by atoms with Crippen LogP contribution < -0.4 is 16.0 Å². The van der Waals surface area contributed by atoms with Crippen LogP contribution in [0.2, 0.25) is 5.02 Å². The monoisotopic (exact) mass is 400 g/mol. The van der Waals surface area contributed by atoms with Crippen molar-refractivity contribution in [3.05, 3.63) is 80.0 Å². The summed E-state index contributed by atoms with van der Waals surface area (Å²) >= 11 is 6.01. The summed E-state index contributed by atoms with van der Waals surface area (Å²) in [6, 6.07) is 9.59. The zero-order valence-corrected chi connectivity index (χ0v) is 15.8. The van der Waals surface area contributed by atoms with Crippen LogP contribution in [-0.4, -0.2) is 16.9 Å². The molecule has 3 amide bonds. The van der Waals surface area contributed by atoms with Gasteiger partial charge in [0.25, 0.3) is 11.6 Å². The third-order valence-electron chi connectivity index (χ3n) is 4.38. The minimum absolute atomic E-state index is 0.131. The third-order valence-corrected chi connectivity index (χ3v) is 4.61. The average molecular weight is 401 g/mol. The number of hydrogen-bond donors (Lipinski definition) is 3. The molecule has 9 heteroatoms. The molecule has 0 bridgehead atoms. The van der Waals surface area contributed by atoms with Crippen molar-refractivity contribution in [1.82, 2.24) is 10.6 Å². The first kappa shape index (κ1) is 19.4. The molecule has 2 aromatic rings. The molecule has 1 heterocycles. The van der Waals surface area contributed by atoms with Crippen LogP contribution in [0.4, 0.5) is 16.2 Å². The lowest BCUT2D eigenvalue weighted by atomic mass is 9.94. The van der Waals surface area contributed by atoms with Gasteiger partial charge in [0.15, 0.2) is 0 Å². The molecule has 0 spiro atoms. The highest BCUT2D eigenvalue weighted by molar-refractivity contribution is 6.31. The predicted octanol–water partition coefficient (Wildman–Crippen LogP) is 3.82. The van der Waals surface area contributed by atoms with Crippen LogP contribution in [0.15, 0.2) is 53.7 Å². The Morgan fingerprint density at radius 2 is 1.96 bits per heavy atom. The molecule has 1 aliphatic heterocycles. The number of nitro groups is 1. The molecule has 1 aliphatic rings. The molecule has 0 aromatic heterocycles. The second-order valence-electron chi connectivity index (χ2n) is 6.34. The van der Waals surface area contributed by atoms with Gasteiger partial charge in [-0.3, -0.25) is 14.9 Å². The summed E-state index contributed by atoms with van der Waals surface area (Å²) in [6.45, 7) is 3.43. The number of halogens is 1. The molecule has 28 heavy (non-hydrogen) atoms. The third kappa shape index (κ3) is 3.96. The molecule has 3 rings (SSSR count). The molecule has 0 aliphatic carbocycles. The number of urea groups is 1. The van der Waals surface area contributed by atoms with Crippen LogP contribution in [0.1, 0.15) is 24.1 Å². The topological polar surface area (TPSA) is 113 Å². The Hall–Kier alpha value is -3.39. The van der Waals surface area contributed by atoms with E-state index in [9.17, 15) is 19.7 Å². The van der Waals surface area contributed by atoms with E-state index in [1.54, 1.807) is 31.2 Å². The van der Waals surface area contributed by atoms with Gasteiger partial charge in [0.2, 0.25) is 0 Å². The number of allylic oxidation sites excluding steroid dienone is 1. The maximum atomic E-state index is 13.0. The number of nitrogens with zero attached hydrogens (tertiary/aromatic N) is 1. The summed E-state index contributed by atoms with van der Waals surface area (Å²) < 4.78 is 0. The van der Waals surface area contributed by atoms with Crippen molar-refractivity contribution in [1.29, 1.82) is 0 Å². The fourth-order valence-corrected chi connectivity index (χ4v) is 3.15. The van der Waals surface area contributed by atoms with Gasteiger partial charge >= 0.3 is 6.03 Å². The molecular weight excluding hydrogens is 384 g/mol. The Morgan fingerprint density at radius 3 is 2.68 bits per heavy atom. The number of carbonyl (C=O) groups excluding carboxylic acids is 2. The smallest absolute Gasteiger partial charge is 0.319 e. The Morgan fingerprint density at radius 1 is 1.21 bits per heavy atom. The van der Waals surface area contributed by atoms with E-state index in [0.29, 0.717) is 22.0 Å². The van der Waals surface area contributed by atoms with E-state index in [4.69, 9.17) is 11.6 Å². The minimum Gasteiger partial charge on any atom is -0.327 e. The van der Waals surface area contributed by atoms with Gasteiger partial charge in [-0.05, 0) is 37.1 Å². The number of amides is 3. The van der Waals surface area contributed by atoms with Crippen molar-refractivity contribution in [3.8, 4) is 0 Å². The first-order chi connectivity index (χ1) is 13.3. The van der Waals surface area contributed by atoms with Crippen molar-refractivity contribution >= 4 is 34.9 Å². The molecule has 144 valence electrons. The number of nitrogens with one attached hydrogen (secondary N) is 3. The van der Waals surface area contributed by atoms with E-state index in [2.05, 4.69) is 16.0 Å². The van der Waals surface area contributed by atoms with Crippen LogP contribution in [0.3, 0.4) is 0 Å². The number of benzene rings is 2. The molecular formula is C19H17ClN4O4. The van der Waals surface area contributed by atoms with Crippen LogP contribution in [-0.2, 0) is 4.79 Å². The number of aryl methyl sites for hydroxylation is 1. The van der Waals surface area contributed by atoms with Gasteiger partial charge in [-0.25, -0.2) is 4.79 Å². The van der Waals surface area contributed by atoms with Gasteiger partial charge in [0.1, 0.15) is 0 Å². The molecule has 0 saturated carbocycles. The molecule has 0 fully saturated rings. The normalized spacial score (nSPS) is 16.2. The van der Waals surface area contributed by atoms with Gasteiger partial charge in [0.05, 0.1) is 16.5 Å². The Balaban J connectivity index is 2.00. The lowest BCUT2D eigenvalue weighted by Crippen LogP contribution is -2.46. The highest BCUT2D eigenvalue weighted by atomic mass is 35.5. The summed E-state index contributed by atoms with van der Waals surface area (Å²) in [5, 5.41) is 19.6. The summed E-state index contributed by atoms with van der Waals surface area (Å²) in [4.78, 5) is 35.5. The quantitative estimate of drug-likeness (QED) is 0.534. The summed E-state index contributed by atoms with van der Waals surface area (Å²) in [5.74, 6) is -0.452. The van der Waals surface area contributed by atoms with Gasteiger partial charge in [-0.1, -0.05) is 29.8 Å². The number of nitro benzene ring substituents is 1. The van der Waals surface area contributed by atoms with Crippen molar-refractivity contribution in [2.45, 2.75) is 19.9 Å². The Bertz CT molecular complexity index is 1020. The van der Waals surface area contributed by atoms with Crippen molar-refractivity contribution in [3.63, 3.8) is 0 Å². The Labute approximate surface area is 165 Å². The molecule has 3 N–H and O–H groups in total. The largest absolute Gasteiger partial charge is 0.327 e. The lowest BCUT2D eigenvalue weighted by molar-refractivity contribution is -0.384. The second-order valence-corrected chi connectivity index (χ2v) is 6.77. The van der Waals surface area contributed by atoms with Crippen LogP contribution in [0.5, 0.6) is 0 Å². The zero-order valence-electron chi connectivity index (χ0n) is 15.1. The molecule has 0 unspecified atom stereocenters. The van der Waals surface area contributed by atoms with Gasteiger partial charge in [0, 0.05) is 28.5 Å². The van der Waals surface area contributed by atoms with Gasteiger partial charge < -0.3 is 16.0 Å². The fourth-order valence-electron chi connectivity index (χ4n) is 2.98. The van der Waals surface area contributed by atoms with Crippen LogP contribution >= 0.6 is 11.6 Å². The number of hydrogen-bond acceptors (Lipinski definition) is 4. The first-order valence-electron chi connectivity index (χ1n) is 8.36. The summed E-state index contributed by atoms with van der Waals surface area (Å²) in [6.07, 6.45) is 0. The number of non-ortho nitro benzene ring substituents is 1. The van der Waals surface area contributed by atoms with Crippen LogP contribution in [0, 0.1) is 17.0 Å². The second kappa shape index (κ2) is 7.69. The van der Waals surface area contributed by atoms with E-state index in [-0.39, 0.29) is 11.3 Å². The summed E-state index contributed by atoms with van der Waals surface area (Å²) in [5.41, 5.74) is 2.25. The fraction of sp³-hybridized carbons (Fsp3) is 0.158. The molecule has 0 saturated heterocycles. The van der Waals surface area contributed by atoms with E-state index in [0.717, 1.165) is 5.56 Å².